The monoisotopic (exact) mass is 424 g/mol. The average Bonchev–Trinajstić information content (AvgIpc) is 2.64. The van der Waals surface area contributed by atoms with Crippen LogP contribution in [0.2, 0.25) is 0 Å². The third-order valence-corrected chi connectivity index (χ3v) is 6.33. The summed E-state index contributed by atoms with van der Waals surface area (Å²) < 4.78 is 24.6. The molecule has 0 spiro atoms. The summed E-state index contributed by atoms with van der Waals surface area (Å²) in [4.78, 5) is 38.1. The highest BCUT2D eigenvalue weighted by Gasteiger charge is 2.47. The van der Waals surface area contributed by atoms with Crippen molar-refractivity contribution in [1.29, 1.82) is 0 Å². The molecule has 1 aliphatic rings. The summed E-state index contributed by atoms with van der Waals surface area (Å²) in [6.07, 6.45) is 1.66. The lowest BCUT2D eigenvalue weighted by molar-refractivity contribution is -0.150. The molecule has 1 aromatic carbocycles. The molecule has 0 radical (unpaired) electrons. The Kier molecular flexibility index (Phi) is 7.02. The summed E-state index contributed by atoms with van der Waals surface area (Å²) in [7, 11) is -2.19. The van der Waals surface area contributed by atoms with Crippen molar-refractivity contribution in [2.75, 3.05) is 39.5 Å². The minimum atomic E-state index is -3.63. The molecule has 10 heteroatoms. The van der Waals surface area contributed by atoms with Gasteiger partial charge in [0.25, 0.3) is 0 Å². The first kappa shape index (κ1) is 22.8. The van der Waals surface area contributed by atoms with E-state index in [-0.39, 0.29) is 25.5 Å². The van der Waals surface area contributed by atoms with Crippen molar-refractivity contribution in [1.82, 2.24) is 19.8 Å². The fourth-order valence-electron chi connectivity index (χ4n) is 3.01. The van der Waals surface area contributed by atoms with Crippen LogP contribution >= 0.6 is 0 Å². The van der Waals surface area contributed by atoms with Gasteiger partial charge in [0, 0.05) is 20.1 Å². The van der Waals surface area contributed by atoms with E-state index in [2.05, 4.69) is 10.6 Å². The first-order valence-corrected chi connectivity index (χ1v) is 11.1. The second kappa shape index (κ2) is 8.91. The minimum absolute atomic E-state index is 0.172. The summed E-state index contributed by atoms with van der Waals surface area (Å²) in [5.41, 5.74) is 0.853. The lowest BCUT2D eigenvalue weighted by Crippen LogP contribution is -2.68. The molecule has 0 aliphatic carbocycles. The molecule has 1 aromatic rings. The molecule has 3 amide bonds. The van der Waals surface area contributed by atoms with Gasteiger partial charge in [-0.1, -0.05) is 29.8 Å². The highest BCUT2D eigenvalue weighted by Crippen LogP contribution is 2.22. The Morgan fingerprint density at radius 1 is 1.17 bits per heavy atom. The van der Waals surface area contributed by atoms with Crippen LogP contribution in [0.3, 0.4) is 0 Å². The fourth-order valence-corrected chi connectivity index (χ4v) is 3.84. The molecule has 2 rings (SSSR count). The lowest BCUT2D eigenvalue weighted by atomic mass is 9.96. The number of nitrogens with one attached hydrogen (secondary N) is 2. The first-order chi connectivity index (χ1) is 13.4. The summed E-state index contributed by atoms with van der Waals surface area (Å²) in [6.45, 7) is 3.17. The number of hydrogen-bond acceptors (Lipinski definition) is 5. The number of rotatable bonds is 7. The van der Waals surface area contributed by atoms with E-state index in [9.17, 15) is 22.8 Å². The third-order valence-electron chi connectivity index (χ3n) is 5.13. The fraction of sp³-hybridized carbons (Fsp3) is 0.526. The van der Waals surface area contributed by atoms with Gasteiger partial charge in [-0.05, 0) is 25.8 Å². The van der Waals surface area contributed by atoms with Crippen molar-refractivity contribution in [3.8, 4) is 0 Å². The van der Waals surface area contributed by atoms with E-state index < -0.39 is 27.4 Å². The number of piperazine rings is 1. The zero-order valence-electron chi connectivity index (χ0n) is 17.2. The Morgan fingerprint density at radius 2 is 1.79 bits per heavy atom. The van der Waals surface area contributed by atoms with Gasteiger partial charge in [0.05, 0.1) is 19.3 Å². The molecule has 1 saturated heterocycles. The van der Waals surface area contributed by atoms with Gasteiger partial charge in [-0.2, -0.15) is 4.31 Å². The number of carbonyl (C=O) groups is 3. The van der Waals surface area contributed by atoms with Gasteiger partial charge in [-0.3, -0.25) is 14.4 Å². The maximum Gasteiger partial charge on any atom is 0.247 e. The molecule has 1 fully saturated rings. The SMILES string of the molecule is Cc1ccc(CCNC(=O)CNC(=O)C2(C)CN(S(C)(=O)=O)CC(=O)N2C)cc1. The summed E-state index contributed by atoms with van der Waals surface area (Å²) in [5.74, 6) is -1.43. The van der Waals surface area contributed by atoms with Crippen LogP contribution in [0.25, 0.3) is 0 Å². The van der Waals surface area contributed by atoms with E-state index in [0.29, 0.717) is 13.0 Å². The average molecular weight is 425 g/mol. The van der Waals surface area contributed by atoms with Gasteiger partial charge in [-0.25, -0.2) is 8.42 Å². The molecule has 1 aliphatic heterocycles. The summed E-state index contributed by atoms with van der Waals surface area (Å²) in [5, 5.41) is 5.23. The highest BCUT2D eigenvalue weighted by molar-refractivity contribution is 7.88. The number of hydrogen-bond donors (Lipinski definition) is 2. The van der Waals surface area contributed by atoms with Gasteiger partial charge in [0.2, 0.25) is 27.7 Å². The van der Waals surface area contributed by atoms with Crippen LogP contribution < -0.4 is 10.6 Å². The van der Waals surface area contributed by atoms with Gasteiger partial charge in [-0.15, -0.1) is 0 Å². The molecular formula is C19H28N4O5S. The maximum atomic E-state index is 12.7. The summed E-state index contributed by atoms with van der Waals surface area (Å²) >= 11 is 0. The topological polar surface area (TPSA) is 116 Å². The number of carbonyl (C=O) groups excluding carboxylic acids is 3. The van der Waals surface area contributed by atoms with Gasteiger partial charge in [0.15, 0.2) is 0 Å². The smallest absolute Gasteiger partial charge is 0.247 e. The van der Waals surface area contributed by atoms with Crippen LogP contribution in [0, 0.1) is 6.92 Å². The van der Waals surface area contributed by atoms with Crippen molar-refractivity contribution < 1.29 is 22.8 Å². The van der Waals surface area contributed by atoms with E-state index in [1.54, 1.807) is 0 Å². The van der Waals surface area contributed by atoms with E-state index >= 15 is 0 Å². The predicted molar refractivity (Wildman–Crippen MR) is 108 cm³/mol. The quantitative estimate of drug-likeness (QED) is 0.598. The molecular weight excluding hydrogens is 396 g/mol. The molecule has 1 atom stereocenters. The Labute approximate surface area is 171 Å². The van der Waals surface area contributed by atoms with Crippen LogP contribution in [0.1, 0.15) is 18.1 Å². The van der Waals surface area contributed by atoms with Crippen LogP contribution in [-0.2, 0) is 30.8 Å². The molecule has 1 unspecified atom stereocenters. The second-order valence-corrected chi connectivity index (χ2v) is 9.51. The molecule has 0 saturated carbocycles. The first-order valence-electron chi connectivity index (χ1n) is 9.26. The predicted octanol–water partition coefficient (Wildman–Crippen LogP) is -0.738. The molecule has 29 heavy (non-hydrogen) atoms. The van der Waals surface area contributed by atoms with Crippen molar-refractivity contribution in [3.05, 3.63) is 35.4 Å². The maximum absolute atomic E-state index is 12.7. The van der Waals surface area contributed by atoms with Crippen molar-refractivity contribution in [3.63, 3.8) is 0 Å². The molecule has 0 aromatic heterocycles. The second-order valence-electron chi connectivity index (χ2n) is 7.53. The third kappa shape index (κ3) is 5.77. The number of nitrogens with zero attached hydrogens (tertiary/aromatic N) is 2. The Balaban J connectivity index is 1.88. The van der Waals surface area contributed by atoms with Crippen molar-refractivity contribution in [2.45, 2.75) is 25.8 Å². The van der Waals surface area contributed by atoms with E-state index in [4.69, 9.17) is 0 Å². The van der Waals surface area contributed by atoms with E-state index in [1.807, 2.05) is 31.2 Å². The molecule has 0 bridgehead atoms. The largest absolute Gasteiger partial charge is 0.354 e. The molecule has 2 N–H and O–H groups in total. The van der Waals surface area contributed by atoms with E-state index in [0.717, 1.165) is 21.7 Å². The zero-order valence-corrected chi connectivity index (χ0v) is 18.0. The Morgan fingerprint density at radius 3 is 2.38 bits per heavy atom. The molecule has 9 nitrogen and oxygen atoms in total. The minimum Gasteiger partial charge on any atom is -0.354 e. The number of amides is 3. The lowest BCUT2D eigenvalue weighted by Gasteiger charge is -2.44. The number of likely N-dealkylation sites (N-methyl/N-ethyl adjacent to an activating group) is 1. The van der Waals surface area contributed by atoms with Crippen LogP contribution in [0.15, 0.2) is 24.3 Å². The normalized spacial score (nSPS) is 20.4. The van der Waals surface area contributed by atoms with Crippen molar-refractivity contribution >= 4 is 27.7 Å². The van der Waals surface area contributed by atoms with E-state index in [1.165, 1.54) is 18.9 Å². The number of aryl methyl sites for hydroxylation is 1. The van der Waals surface area contributed by atoms with Gasteiger partial charge >= 0.3 is 0 Å². The Bertz CT molecular complexity index is 884. The van der Waals surface area contributed by atoms with Crippen LogP contribution in [-0.4, -0.2) is 80.4 Å². The van der Waals surface area contributed by atoms with Crippen molar-refractivity contribution in [2.24, 2.45) is 0 Å². The van der Waals surface area contributed by atoms with Gasteiger partial charge in [0.1, 0.15) is 5.54 Å². The number of sulfonamides is 1. The van der Waals surface area contributed by atoms with Gasteiger partial charge < -0.3 is 15.5 Å². The zero-order chi connectivity index (χ0) is 21.8. The van der Waals surface area contributed by atoms with Crippen LogP contribution in [0.5, 0.6) is 0 Å². The highest BCUT2D eigenvalue weighted by atomic mass is 32.2. The van der Waals surface area contributed by atoms with Crippen LogP contribution in [0.4, 0.5) is 0 Å². The standard InChI is InChI=1S/C19H28N4O5S/c1-14-5-7-15(8-6-14)9-10-20-16(24)11-21-18(26)19(2)13-23(29(4,27)28)12-17(25)22(19)3/h5-8H,9-13H2,1-4H3,(H,20,24)(H,21,26). The number of benzene rings is 1. The molecule has 160 valence electrons. The molecule has 1 heterocycles. The summed E-state index contributed by atoms with van der Waals surface area (Å²) in [6, 6.07) is 7.99. The Hall–Kier alpha value is -2.46.